The van der Waals surface area contributed by atoms with Crippen LogP contribution in [0.2, 0.25) is 0 Å². The first-order valence-electron chi connectivity index (χ1n) is 10.7. The fourth-order valence-corrected chi connectivity index (χ4v) is 3.65. The van der Waals surface area contributed by atoms with E-state index in [2.05, 4.69) is 39.4 Å². The van der Waals surface area contributed by atoms with Crippen molar-refractivity contribution in [3.8, 4) is 28.0 Å². The molecule has 4 rings (SSSR count). The third-order valence-corrected chi connectivity index (χ3v) is 5.41. The summed E-state index contributed by atoms with van der Waals surface area (Å²) in [5.41, 5.74) is 6.24. The maximum atomic E-state index is 10.9. The minimum absolute atomic E-state index is 0.0128. The summed E-state index contributed by atoms with van der Waals surface area (Å²) < 4.78 is 5.46. The molecule has 7 nitrogen and oxygen atoms in total. The van der Waals surface area contributed by atoms with Crippen LogP contribution in [0, 0.1) is 10.1 Å². The minimum atomic E-state index is -0.437. The maximum Gasteiger partial charge on any atom is 0.269 e. The molecule has 0 aliphatic heterocycles. The van der Waals surface area contributed by atoms with Crippen LogP contribution in [0.1, 0.15) is 0 Å². The van der Waals surface area contributed by atoms with E-state index in [1.54, 1.807) is 19.2 Å². The number of nitro benzene ring substituents is 1. The van der Waals surface area contributed by atoms with Crippen molar-refractivity contribution in [3.63, 3.8) is 0 Å². The molecule has 0 unspecified atom stereocenters. The standard InChI is InChI=1S/C27H24N4O3/c1-30(2)23-9-4-7-19(17-23)25-11-6-12-26(27(25)20-8-5-10-24(18-20)34-3)29-28-21-13-15-22(16-14-21)31(32)33/h4-18H,1-3H3. The largest absolute Gasteiger partial charge is 0.497 e. The monoisotopic (exact) mass is 452 g/mol. The summed E-state index contributed by atoms with van der Waals surface area (Å²) in [4.78, 5) is 12.5. The summed E-state index contributed by atoms with van der Waals surface area (Å²) in [5.74, 6) is 0.743. The van der Waals surface area contributed by atoms with Crippen LogP contribution >= 0.6 is 0 Å². The van der Waals surface area contributed by atoms with E-state index in [1.807, 2.05) is 56.6 Å². The Labute approximate surface area is 198 Å². The van der Waals surface area contributed by atoms with Crippen molar-refractivity contribution < 1.29 is 9.66 Å². The zero-order chi connectivity index (χ0) is 24.1. The number of benzene rings is 4. The lowest BCUT2D eigenvalue weighted by atomic mass is 9.92. The van der Waals surface area contributed by atoms with Crippen LogP contribution in [0.25, 0.3) is 22.3 Å². The Bertz CT molecular complexity index is 1350. The van der Waals surface area contributed by atoms with Gasteiger partial charge in [-0.3, -0.25) is 10.1 Å². The molecule has 0 fully saturated rings. The van der Waals surface area contributed by atoms with E-state index in [-0.39, 0.29) is 5.69 Å². The van der Waals surface area contributed by atoms with E-state index >= 15 is 0 Å². The van der Waals surface area contributed by atoms with Crippen molar-refractivity contribution in [2.45, 2.75) is 0 Å². The van der Waals surface area contributed by atoms with Gasteiger partial charge in [-0.2, -0.15) is 5.11 Å². The molecule has 0 amide bonds. The van der Waals surface area contributed by atoms with Gasteiger partial charge >= 0.3 is 0 Å². The zero-order valence-electron chi connectivity index (χ0n) is 19.2. The van der Waals surface area contributed by atoms with Crippen molar-refractivity contribution in [2.24, 2.45) is 10.2 Å². The average Bonchev–Trinajstić information content (AvgIpc) is 2.87. The Balaban J connectivity index is 1.85. The summed E-state index contributed by atoms with van der Waals surface area (Å²) in [6.07, 6.45) is 0. The first-order chi connectivity index (χ1) is 16.5. The second-order valence-corrected chi connectivity index (χ2v) is 7.85. The van der Waals surface area contributed by atoms with Crippen LogP contribution in [0.5, 0.6) is 5.75 Å². The third-order valence-electron chi connectivity index (χ3n) is 5.41. The van der Waals surface area contributed by atoms with E-state index in [0.29, 0.717) is 11.4 Å². The Morgan fingerprint density at radius 1 is 0.824 bits per heavy atom. The van der Waals surface area contributed by atoms with Gasteiger partial charge in [0.1, 0.15) is 5.75 Å². The van der Waals surface area contributed by atoms with Gasteiger partial charge in [0.25, 0.3) is 5.69 Å². The molecule has 0 saturated carbocycles. The molecule has 0 spiro atoms. The summed E-state index contributed by atoms with van der Waals surface area (Å²) in [5, 5.41) is 19.8. The lowest BCUT2D eigenvalue weighted by Gasteiger charge is -2.17. The van der Waals surface area contributed by atoms with Gasteiger partial charge in [-0.15, -0.1) is 5.11 Å². The SMILES string of the molecule is COc1cccc(-c2c(N=Nc3ccc([N+](=O)[O-])cc3)cccc2-c2cccc(N(C)C)c2)c1. The number of hydrogen-bond donors (Lipinski definition) is 0. The quantitative estimate of drug-likeness (QED) is 0.166. The van der Waals surface area contributed by atoms with Crippen molar-refractivity contribution in [1.29, 1.82) is 0 Å². The molecule has 4 aromatic rings. The van der Waals surface area contributed by atoms with Gasteiger partial charge in [-0.05, 0) is 59.2 Å². The fourth-order valence-electron chi connectivity index (χ4n) is 3.65. The highest BCUT2D eigenvalue weighted by atomic mass is 16.6. The van der Waals surface area contributed by atoms with Gasteiger partial charge in [-0.25, -0.2) is 0 Å². The van der Waals surface area contributed by atoms with Gasteiger partial charge in [0, 0.05) is 37.5 Å². The van der Waals surface area contributed by atoms with Gasteiger partial charge < -0.3 is 9.64 Å². The molecule has 7 heteroatoms. The fraction of sp³-hybridized carbons (Fsp3) is 0.111. The number of nitro groups is 1. The lowest BCUT2D eigenvalue weighted by molar-refractivity contribution is -0.384. The van der Waals surface area contributed by atoms with Crippen LogP contribution in [0.15, 0.2) is 101 Å². The summed E-state index contributed by atoms with van der Waals surface area (Å²) in [6.45, 7) is 0. The van der Waals surface area contributed by atoms with Crippen LogP contribution in [0.3, 0.4) is 0 Å². The Kier molecular flexibility index (Phi) is 6.64. The number of non-ortho nitro benzene ring substituents is 1. The number of ether oxygens (including phenoxy) is 1. The van der Waals surface area contributed by atoms with E-state index in [0.717, 1.165) is 33.7 Å². The predicted molar refractivity (Wildman–Crippen MR) is 135 cm³/mol. The molecule has 0 heterocycles. The zero-order valence-corrected chi connectivity index (χ0v) is 19.2. The van der Waals surface area contributed by atoms with Gasteiger partial charge in [0.2, 0.25) is 0 Å². The summed E-state index contributed by atoms with van der Waals surface area (Å²) >= 11 is 0. The second-order valence-electron chi connectivity index (χ2n) is 7.85. The van der Waals surface area contributed by atoms with Crippen LogP contribution in [-0.2, 0) is 0 Å². The van der Waals surface area contributed by atoms with Gasteiger partial charge in [-0.1, -0.05) is 36.4 Å². The molecule has 0 aromatic heterocycles. The van der Waals surface area contributed by atoms with E-state index < -0.39 is 4.92 Å². The molecule has 0 aliphatic rings. The number of nitrogens with zero attached hydrogens (tertiary/aromatic N) is 4. The molecule has 0 aliphatic carbocycles. The van der Waals surface area contributed by atoms with E-state index in [1.165, 1.54) is 12.1 Å². The van der Waals surface area contributed by atoms with Crippen LogP contribution in [0.4, 0.5) is 22.7 Å². The number of rotatable bonds is 7. The molecular weight excluding hydrogens is 428 g/mol. The van der Waals surface area contributed by atoms with Crippen molar-refractivity contribution in [1.82, 2.24) is 0 Å². The van der Waals surface area contributed by atoms with Crippen molar-refractivity contribution >= 4 is 22.7 Å². The molecule has 0 saturated heterocycles. The van der Waals surface area contributed by atoms with Crippen LogP contribution in [-0.4, -0.2) is 26.1 Å². The molecule has 0 bridgehead atoms. The summed E-state index contributed by atoms with van der Waals surface area (Å²) in [6, 6.07) is 28.0. The molecule has 0 atom stereocenters. The maximum absolute atomic E-state index is 10.9. The Morgan fingerprint density at radius 3 is 2.24 bits per heavy atom. The van der Waals surface area contributed by atoms with E-state index in [4.69, 9.17) is 4.74 Å². The highest BCUT2D eigenvalue weighted by Crippen LogP contribution is 2.41. The number of azo groups is 1. The van der Waals surface area contributed by atoms with Crippen molar-refractivity contribution in [2.75, 3.05) is 26.1 Å². The predicted octanol–water partition coefficient (Wildman–Crippen LogP) is 7.42. The van der Waals surface area contributed by atoms with Gasteiger partial charge in [0.05, 0.1) is 23.4 Å². The lowest BCUT2D eigenvalue weighted by Crippen LogP contribution is -2.08. The first-order valence-corrected chi connectivity index (χ1v) is 10.7. The summed E-state index contributed by atoms with van der Waals surface area (Å²) in [7, 11) is 5.66. The molecule has 4 aromatic carbocycles. The second kappa shape index (κ2) is 9.95. The van der Waals surface area contributed by atoms with Gasteiger partial charge in [0.15, 0.2) is 0 Å². The molecule has 170 valence electrons. The number of methoxy groups -OCH3 is 1. The number of anilines is 1. The third kappa shape index (κ3) is 4.94. The first kappa shape index (κ1) is 22.7. The van der Waals surface area contributed by atoms with Crippen molar-refractivity contribution in [3.05, 3.63) is 101 Å². The topological polar surface area (TPSA) is 80.3 Å². The normalized spacial score (nSPS) is 10.9. The highest BCUT2D eigenvalue weighted by Gasteiger charge is 2.14. The molecule has 0 radical (unpaired) electrons. The molecule has 34 heavy (non-hydrogen) atoms. The number of hydrogen-bond acceptors (Lipinski definition) is 6. The molecular formula is C27H24N4O3. The molecule has 0 N–H and O–H groups in total. The Morgan fingerprint density at radius 2 is 1.53 bits per heavy atom. The average molecular weight is 453 g/mol. The van der Waals surface area contributed by atoms with E-state index in [9.17, 15) is 10.1 Å². The van der Waals surface area contributed by atoms with Crippen LogP contribution < -0.4 is 9.64 Å². The highest BCUT2D eigenvalue weighted by molar-refractivity contribution is 5.91. The Hall–Kier alpha value is -4.52. The smallest absolute Gasteiger partial charge is 0.269 e. The minimum Gasteiger partial charge on any atom is -0.497 e.